The van der Waals surface area contributed by atoms with Gasteiger partial charge in [-0.3, -0.25) is 0 Å². The lowest BCUT2D eigenvalue weighted by Gasteiger charge is -2.36. The van der Waals surface area contributed by atoms with E-state index in [9.17, 15) is 0 Å². The highest BCUT2D eigenvalue weighted by molar-refractivity contribution is 8.07. The molecule has 0 radical (unpaired) electrons. The summed E-state index contributed by atoms with van der Waals surface area (Å²) in [5, 5.41) is 5.70. The maximum atomic E-state index is 3.49. The lowest BCUT2D eigenvalue weighted by atomic mass is 10.0. The summed E-state index contributed by atoms with van der Waals surface area (Å²) in [7, 11) is 2.07. The van der Waals surface area contributed by atoms with E-state index in [4.69, 9.17) is 0 Å². The van der Waals surface area contributed by atoms with Gasteiger partial charge in [0.05, 0.1) is 0 Å². The highest BCUT2D eigenvalue weighted by Crippen LogP contribution is 2.40. The first-order valence-electron chi connectivity index (χ1n) is 6.21. The van der Waals surface area contributed by atoms with Gasteiger partial charge in [-0.2, -0.15) is 23.5 Å². The molecule has 4 atom stereocenters. The van der Waals surface area contributed by atoms with E-state index in [2.05, 4.69) is 80.1 Å². The van der Waals surface area contributed by atoms with Gasteiger partial charge in [0, 0.05) is 27.5 Å². The summed E-state index contributed by atoms with van der Waals surface area (Å²) in [6, 6.07) is 11.3. The number of benzene rings is 1. The Bertz CT molecular complexity index is 341. The van der Waals surface area contributed by atoms with Crippen LogP contribution in [0.5, 0.6) is 0 Å². The van der Waals surface area contributed by atoms with E-state index in [1.807, 2.05) is 0 Å². The van der Waals surface area contributed by atoms with Gasteiger partial charge in [-0.15, -0.1) is 0 Å². The van der Waals surface area contributed by atoms with Crippen LogP contribution in [0, 0.1) is 0 Å². The maximum absolute atomic E-state index is 3.49. The Morgan fingerprint density at radius 2 is 1.88 bits per heavy atom. The van der Waals surface area contributed by atoms with Gasteiger partial charge in [-0.05, 0) is 12.6 Å². The third kappa shape index (κ3) is 3.21. The molecule has 1 saturated heterocycles. The predicted molar refractivity (Wildman–Crippen MR) is 81.0 cm³/mol. The summed E-state index contributed by atoms with van der Waals surface area (Å²) in [6.45, 7) is 4.70. The summed E-state index contributed by atoms with van der Waals surface area (Å²) in [4.78, 5) is 0. The normalized spacial score (nSPS) is 31.1. The smallest absolute Gasteiger partial charge is 0.0446 e. The zero-order valence-electron chi connectivity index (χ0n) is 10.7. The van der Waals surface area contributed by atoms with Crippen molar-refractivity contribution in [1.82, 2.24) is 5.32 Å². The highest BCUT2D eigenvalue weighted by Gasteiger charge is 2.31. The van der Waals surface area contributed by atoms with Gasteiger partial charge in [0.2, 0.25) is 0 Å². The van der Waals surface area contributed by atoms with Gasteiger partial charge in [0.25, 0.3) is 0 Å². The molecular weight excluding hydrogens is 246 g/mol. The molecule has 0 bridgehead atoms. The van der Waals surface area contributed by atoms with Crippen molar-refractivity contribution in [3.63, 3.8) is 0 Å². The Hall–Kier alpha value is -0.120. The quantitative estimate of drug-likeness (QED) is 0.899. The van der Waals surface area contributed by atoms with Crippen LogP contribution in [0.4, 0.5) is 0 Å². The van der Waals surface area contributed by atoms with Crippen molar-refractivity contribution in [2.24, 2.45) is 0 Å². The molecule has 4 unspecified atom stereocenters. The minimum Gasteiger partial charge on any atom is -0.312 e. The fourth-order valence-corrected chi connectivity index (χ4v) is 5.37. The second-order valence-corrected chi connectivity index (χ2v) is 7.63. The van der Waals surface area contributed by atoms with Crippen LogP contribution in [0.3, 0.4) is 0 Å². The molecule has 3 heteroatoms. The Balaban J connectivity index is 2.09. The van der Waals surface area contributed by atoms with Crippen molar-refractivity contribution in [1.29, 1.82) is 0 Å². The van der Waals surface area contributed by atoms with E-state index >= 15 is 0 Å². The monoisotopic (exact) mass is 267 g/mol. The zero-order valence-corrected chi connectivity index (χ0v) is 12.4. The first-order valence-corrected chi connectivity index (χ1v) is 8.20. The maximum Gasteiger partial charge on any atom is 0.0446 e. The van der Waals surface area contributed by atoms with Crippen molar-refractivity contribution < 1.29 is 0 Å². The second-order valence-electron chi connectivity index (χ2n) is 4.60. The Morgan fingerprint density at radius 1 is 1.18 bits per heavy atom. The molecule has 1 fully saturated rings. The fourth-order valence-electron chi connectivity index (χ4n) is 2.21. The summed E-state index contributed by atoms with van der Waals surface area (Å²) in [6.07, 6.45) is 0. The molecule has 0 saturated carbocycles. The molecule has 94 valence electrons. The molecule has 1 nitrogen and oxygen atoms in total. The molecule has 0 aliphatic carbocycles. The molecule has 1 aliphatic rings. The molecule has 2 rings (SSSR count). The van der Waals surface area contributed by atoms with Crippen molar-refractivity contribution in [3.8, 4) is 0 Å². The van der Waals surface area contributed by atoms with Gasteiger partial charge in [-0.25, -0.2) is 0 Å². The molecule has 0 spiro atoms. The van der Waals surface area contributed by atoms with Crippen LogP contribution in [0.1, 0.15) is 25.5 Å². The van der Waals surface area contributed by atoms with E-state index in [0.29, 0.717) is 11.3 Å². The molecule has 1 N–H and O–H groups in total. The first-order chi connectivity index (χ1) is 8.22. The SMILES string of the molecule is CNC(c1ccccc1)C1CSC(C)C(C)S1. The molecule has 1 aromatic rings. The predicted octanol–water partition coefficient (Wildman–Crippen LogP) is 3.57. The Labute approximate surface area is 113 Å². The number of thioether (sulfide) groups is 2. The lowest BCUT2D eigenvalue weighted by molar-refractivity contribution is 0.588. The molecular formula is C14H21NS2. The average molecular weight is 267 g/mol. The van der Waals surface area contributed by atoms with Crippen LogP contribution in [0.2, 0.25) is 0 Å². The van der Waals surface area contributed by atoms with Crippen molar-refractivity contribution >= 4 is 23.5 Å². The van der Waals surface area contributed by atoms with E-state index in [-0.39, 0.29) is 0 Å². The third-order valence-corrected chi connectivity index (χ3v) is 6.91. The van der Waals surface area contributed by atoms with Crippen LogP contribution in [0.15, 0.2) is 30.3 Å². The van der Waals surface area contributed by atoms with Gasteiger partial charge in [0.1, 0.15) is 0 Å². The van der Waals surface area contributed by atoms with Crippen LogP contribution in [0.25, 0.3) is 0 Å². The number of rotatable bonds is 3. The fraction of sp³-hybridized carbons (Fsp3) is 0.571. The van der Waals surface area contributed by atoms with Crippen LogP contribution in [-0.2, 0) is 0 Å². The van der Waals surface area contributed by atoms with Crippen molar-refractivity contribution in [2.75, 3.05) is 12.8 Å². The molecule has 1 aromatic carbocycles. The van der Waals surface area contributed by atoms with E-state index in [1.165, 1.54) is 11.3 Å². The van der Waals surface area contributed by atoms with Crippen molar-refractivity contribution in [3.05, 3.63) is 35.9 Å². The Kier molecular flexibility index (Phi) is 4.83. The summed E-state index contributed by atoms with van der Waals surface area (Å²) in [5.74, 6) is 1.25. The molecule has 1 aliphatic heterocycles. The molecule has 0 amide bonds. The Morgan fingerprint density at radius 3 is 2.47 bits per heavy atom. The van der Waals surface area contributed by atoms with E-state index in [0.717, 1.165) is 10.5 Å². The molecule has 17 heavy (non-hydrogen) atoms. The van der Waals surface area contributed by atoms with E-state index < -0.39 is 0 Å². The van der Waals surface area contributed by atoms with E-state index in [1.54, 1.807) is 0 Å². The second kappa shape index (κ2) is 6.17. The van der Waals surface area contributed by atoms with Crippen LogP contribution in [-0.4, -0.2) is 28.6 Å². The largest absolute Gasteiger partial charge is 0.312 e. The first kappa shape index (κ1) is 13.3. The molecule has 0 aromatic heterocycles. The summed E-state index contributed by atoms with van der Waals surface area (Å²) >= 11 is 4.25. The zero-order chi connectivity index (χ0) is 12.3. The van der Waals surface area contributed by atoms with Gasteiger partial charge < -0.3 is 5.32 Å². The van der Waals surface area contributed by atoms with Gasteiger partial charge in [0.15, 0.2) is 0 Å². The summed E-state index contributed by atoms with van der Waals surface area (Å²) < 4.78 is 0. The van der Waals surface area contributed by atoms with Crippen molar-refractivity contribution in [2.45, 2.75) is 35.6 Å². The topological polar surface area (TPSA) is 12.0 Å². The highest BCUT2D eigenvalue weighted by atomic mass is 32.2. The van der Waals surface area contributed by atoms with Gasteiger partial charge >= 0.3 is 0 Å². The third-order valence-electron chi connectivity index (χ3n) is 3.42. The average Bonchev–Trinajstić information content (AvgIpc) is 2.36. The van der Waals surface area contributed by atoms with Gasteiger partial charge in [-0.1, -0.05) is 44.2 Å². The van der Waals surface area contributed by atoms with Crippen LogP contribution < -0.4 is 5.32 Å². The number of nitrogens with one attached hydrogen (secondary N) is 1. The lowest BCUT2D eigenvalue weighted by Crippen LogP contribution is -2.35. The van der Waals surface area contributed by atoms with Crippen LogP contribution >= 0.6 is 23.5 Å². The number of hydrogen-bond acceptors (Lipinski definition) is 3. The standard InChI is InChI=1S/C14H21NS2/c1-10-11(2)17-13(9-16-10)14(15-3)12-7-5-4-6-8-12/h4-8,10-11,13-15H,9H2,1-3H3. The minimum absolute atomic E-state index is 0.476. The summed E-state index contributed by atoms with van der Waals surface area (Å²) in [5.41, 5.74) is 1.41. The molecule has 1 heterocycles. The number of hydrogen-bond donors (Lipinski definition) is 1. The minimum atomic E-state index is 0.476.